The zero-order valence-corrected chi connectivity index (χ0v) is 17.8. The Morgan fingerprint density at radius 3 is 2.32 bits per heavy atom. The number of ether oxygens (including phenoxy) is 1. The third-order valence-electron chi connectivity index (χ3n) is 5.22. The summed E-state index contributed by atoms with van der Waals surface area (Å²) in [5, 5.41) is 33.8. The van der Waals surface area contributed by atoms with Crippen LogP contribution in [0.3, 0.4) is 0 Å². The first-order valence-electron chi connectivity index (χ1n) is 10.2. The molecule has 4 aromatic carbocycles. The van der Waals surface area contributed by atoms with Crippen LogP contribution in [0.4, 0.5) is 11.4 Å². The first kappa shape index (κ1) is 22.2. The van der Waals surface area contributed by atoms with E-state index in [4.69, 9.17) is 4.74 Å². The number of nitro benzene ring substituents is 2. The highest BCUT2D eigenvalue weighted by atomic mass is 16.6. The number of rotatable bonds is 7. The standard InChI is InChI=1S/C26H17N3O5/c27-16-21(20-7-4-9-23(14-20)29(32)33)15-25-24-10-2-1-6-19(24)11-12-26(25)34-17-18-5-3-8-22(13-18)28(30)31/h1-15H,17H2/b21-15-. The normalized spacial score (nSPS) is 11.1. The Balaban J connectivity index is 1.78. The smallest absolute Gasteiger partial charge is 0.270 e. The van der Waals surface area contributed by atoms with E-state index in [1.807, 2.05) is 30.3 Å². The van der Waals surface area contributed by atoms with E-state index in [1.165, 1.54) is 30.3 Å². The molecule has 166 valence electrons. The van der Waals surface area contributed by atoms with E-state index in [1.54, 1.807) is 30.3 Å². The van der Waals surface area contributed by atoms with Crippen LogP contribution in [0.5, 0.6) is 5.75 Å². The fourth-order valence-corrected chi connectivity index (χ4v) is 3.58. The van der Waals surface area contributed by atoms with Gasteiger partial charge in [0.15, 0.2) is 0 Å². The average molecular weight is 451 g/mol. The van der Waals surface area contributed by atoms with Crippen LogP contribution in [0.15, 0.2) is 84.9 Å². The fraction of sp³-hybridized carbons (Fsp3) is 0.0385. The van der Waals surface area contributed by atoms with Crippen molar-refractivity contribution in [2.24, 2.45) is 0 Å². The number of allylic oxidation sites excluding steroid dienone is 1. The highest BCUT2D eigenvalue weighted by Crippen LogP contribution is 2.33. The molecular weight excluding hydrogens is 434 g/mol. The summed E-state index contributed by atoms with van der Waals surface area (Å²) in [5.74, 6) is 0.475. The van der Waals surface area contributed by atoms with E-state index in [-0.39, 0.29) is 23.6 Å². The number of fused-ring (bicyclic) bond motifs is 1. The van der Waals surface area contributed by atoms with Crippen LogP contribution in [0.1, 0.15) is 16.7 Å². The molecule has 0 heterocycles. The summed E-state index contributed by atoms with van der Waals surface area (Å²) >= 11 is 0. The van der Waals surface area contributed by atoms with Gasteiger partial charge in [-0.15, -0.1) is 0 Å². The van der Waals surface area contributed by atoms with Crippen LogP contribution < -0.4 is 4.74 Å². The zero-order valence-electron chi connectivity index (χ0n) is 17.8. The van der Waals surface area contributed by atoms with Crippen molar-refractivity contribution in [3.63, 3.8) is 0 Å². The highest BCUT2D eigenvalue weighted by Gasteiger charge is 2.13. The van der Waals surface area contributed by atoms with E-state index < -0.39 is 9.85 Å². The van der Waals surface area contributed by atoms with E-state index >= 15 is 0 Å². The van der Waals surface area contributed by atoms with Crippen LogP contribution in [0.25, 0.3) is 22.4 Å². The van der Waals surface area contributed by atoms with Crippen molar-refractivity contribution in [2.75, 3.05) is 0 Å². The third kappa shape index (κ3) is 4.74. The molecule has 0 bridgehead atoms. The van der Waals surface area contributed by atoms with Crippen LogP contribution in [-0.2, 0) is 6.61 Å². The number of hydrogen-bond donors (Lipinski definition) is 0. The van der Waals surface area contributed by atoms with Gasteiger partial charge in [-0.2, -0.15) is 5.26 Å². The summed E-state index contributed by atoms with van der Waals surface area (Å²) < 4.78 is 6.02. The van der Waals surface area contributed by atoms with Gasteiger partial charge in [0.1, 0.15) is 12.4 Å². The van der Waals surface area contributed by atoms with Gasteiger partial charge in [-0.05, 0) is 34.0 Å². The molecule has 34 heavy (non-hydrogen) atoms. The van der Waals surface area contributed by atoms with Gasteiger partial charge < -0.3 is 4.74 Å². The molecular formula is C26H17N3O5. The quantitative estimate of drug-likeness (QED) is 0.141. The SMILES string of the molecule is N#C/C(=C/c1c(OCc2cccc([N+](=O)[O-])c2)ccc2ccccc12)c1cccc([N+](=O)[O-])c1. The Hall–Kier alpha value is -5.03. The number of nitrogens with zero attached hydrogens (tertiary/aromatic N) is 3. The Morgan fingerprint density at radius 2 is 1.59 bits per heavy atom. The number of benzene rings is 4. The van der Waals surface area contributed by atoms with Crippen molar-refractivity contribution < 1.29 is 14.6 Å². The van der Waals surface area contributed by atoms with Gasteiger partial charge in [-0.25, -0.2) is 0 Å². The van der Waals surface area contributed by atoms with Crippen molar-refractivity contribution in [3.05, 3.63) is 122 Å². The van der Waals surface area contributed by atoms with Crippen molar-refractivity contribution in [3.8, 4) is 11.8 Å². The molecule has 0 fully saturated rings. The van der Waals surface area contributed by atoms with Crippen molar-refractivity contribution in [1.82, 2.24) is 0 Å². The summed E-state index contributed by atoms with van der Waals surface area (Å²) in [6.45, 7) is 0.0829. The predicted octanol–water partition coefficient (Wildman–Crippen LogP) is 6.30. The van der Waals surface area contributed by atoms with Gasteiger partial charge in [0.25, 0.3) is 11.4 Å². The Kier molecular flexibility index (Phi) is 6.28. The van der Waals surface area contributed by atoms with Crippen LogP contribution in [0, 0.1) is 31.6 Å². The lowest BCUT2D eigenvalue weighted by Crippen LogP contribution is -1.99. The lowest BCUT2D eigenvalue weighted by molar-refractivity contribution is -0.385. The van der Waals surface area contributed by atoms with Gasteiger partial charge in [-0.1, -0.05) is 54.6 Å². The molecule has 0 N–H and O–H groups in total. The minimum Gasteiger partial charge on any atom is -0.488 e. The number of nitro groups is 2. The third-order valence-corrected chi connectivity index (χ3v) is 5.22. The molecule has 4 rings (SSSR count). The summed E-state index contributed by atoms with van der Waals surface area (Å²) in [7, 11) is 0. The van der Waals surface area contributed by atoms with Gasteiger partial charge >= 0.3 is 0 Å². The summed E-state index contributed by atoms with van der Waals surface area (Å²) in [4.78, 5) is 21.3. The number of non-ortho nitro benzene ring substituents is 2. The average Bonchev–Trinajstić information content (AvgIpc) is 2.86. The molecule has 0 aliphatic rings. The van der Waals surface area contributed by atoms with Gasteiger partial charge in [-0.3, -0.25) is 20.2 Å². The van der Waals surface area contributed by atoms with Gasteiger partial charge in [0.05, 0.1) is 21.5 Å². The molecule has 0 saturated heterocycles. The van der Waals surface area contributed by atoms with Crippen molar-refractivity contribution >= 4 is 33.8 Å². The summed E-state index contributed by atoms with van der Waals surface area (Å²) in [5.41, 5.74) is 1.76. The molecule has 0 spiro atoms. The maximum absolute atomic E-state index is 11.2. The van der Waals surface area contributed by atoms with E-state index in [2.05, 4.69) is 6.07 Å². The predicted molar refractivity (Wildman–Crippen MR) is 128 cm³/mol. The molecule has 4 aromatic rings. The minimum absolute atomic E-state index is 0.0304. The molecule has 0 atom stereocenters. The van der Waals surface area contributed by atoms with Crippen molar-refractivity contribution in [2.45, 2.75) is 6.61 Å². The second kappa shape index (κ2) is 9.63. The lowest BCUT2D eigenvalue weighted by atomic mass is 9.98. The van der Waals surface area contributed by atoms with Crippen LogP contribution in [-0.4, -0.2) is 9.85 Å². The molecule has 0 saturated carbocycles. The van der Waals surface area contributed by atoms with E-state index in [0.717, 1.165) is 10.8 Å². The topological polar surface area (TPSA) is 119 Å². The summed E-state index contributed by atoms with van der Waals surface area (Å²) in [6, 6.07) is 25.4. The fourth-order valence-electron chi connectivity index (χ4n) is 3.58. The zero-order chi connectivity index (χ0) is 24.1. The van der Waals surface area contributed by atoms with Crippen molar-refractivity contribution in [1.29, 1.82) is 5.26 Å². The van der Waals surface area contributed by atoms with Crippen LogP contribution in [0.2, 0.25) is 0 Å². The Labute approximate surface area is 194 Å². The monoisotopic (exact) mass is 451 g/mol. The van der Waals surface area contributed by atoms with Gasteiger partial charge in [0, 0.05) is 29.8 Å². The molecule has 0 amide bonds. The maximum atomic E-state index is 11.2. The maximum Gasteiger partial charge on any atom is 0.270 e. The largest absolute Gasteiger partial charge is 0.488 e. The molecule has 0 aliphatic heterocycles. The second-order valence-corrected chi connectivity index (χ2v) is 7.39. The minimum atomic E-state index is -0.510. The molecule has 0 radical (unpaired) electrons. The lowest BCUT2D eigenvalue weighted by Gasteiger charge is -2.13. The van der Waals surface area contributed by atoms with Gasteiger partial charge in [0.2, 0.25) is 0 Å². The summed E-state index contributed by atoms with van der Waals surface area (Å²) in [6.07, 6.45) is 1.64. The van der Waals surface area contributed by atoms with Crippen LogP contribution >= 0.6 is 0 Å². The number of nitriles is 1. The Morgan fingerprint density at radius 1 is 0.882 bits per heavy atom. The molecule has 0 aromatic heterocycles. The Bertz CT molecular complexity index is 1490. The molecule has 0 aliphatic carbocycles. The van der Waals surface area contributed by atoms with E-state index in [9.17, 15) is 25.5 Å². The molecule has 0 unspecified atom stereocenters. The highest BCUT2D eigenvalue weighted by molar-refractivity contribution is 6.00. The first-order chi connectivity index (χ1) is 16.5. The first-order valence-corrected chi connectivity index (χ1v) is 10.2. The molecule has 8 heteroatoms. The van der Waals surface area contributed by atoms with E-state index in [0.29, 0.717) is 22.4 Å². The molecule has 8 nitrogen and oxygen atoms in total. The number of hydrogen-bond acceptors (Lipinski definition) is 6. The second-order valence-electron chi connectivity index (χ2n) is 7.39.